The molecule has 1 saturated carbocycles. The Kier molecular flexibility index (Phi) is 1.77. The van der Waals surface area contributed by atoms with Crippen LogP contribution in [0.2, 0.25) is 0 Å². The molecular weight excluding hydrogens is 219 g/mol. The van der Waals surface area contributed by atoms with Gasteiger partial charge in [0.2, 0.25) is 0 Å². The minimum Gasteiger partial charge on any atom is -0.323 e. The van der Waals surface area contributed by atoms with E-state index in [1.165, 1.54) is 10.9 Å². The van der Waals surface area contributed by atoms with E-state index in [9.17, 15) is 13.2 Å². The van der Waals surface area contributed by atoms with Gasteiger partial charge in [0.25, 0.3) is 0 Å². The Hall–Kier alpha value is -1.04. The minimum atomic E-state index is -4.15. The molecule has 16 heavy (non-hydrogen) atoms. The Balaban J connectivity index is 2.00. The third-order valence-electron chi connectivity index (χ3n) is 3.84. The molecule has 1 aliphatic carbocycles. The molecule has 0 bridgehead atoms. The van der Waals surface area contributed by atoms with Gasteiger partial charge in [0.1, 0.15) is 0 Å². The standard InChI is InChI=1S/C10H12F3N3/c11-10(12,13)9(2-3-9)8-5-6(14)7-1-4-15-16(7)8/h1,4,6,8H,2-3,5,14H2/t6-,8-/m1/s1. The van der Waals surface area contributed by atoms with E-state index < -0.39 is 17.6 Å². The third-order valence-corrected chi connectivity index (χ3v) is 3.84. The van der Waals surface area contributed by atoms with Crippen LogP contribution in [0.5, 0.6) is 0 Å². The van der Waals surface area contributed by atoms with Gasteiger partial charge in [-0.2, -0.15) is 18.3 Å². The van der Waals surface area contributed by atoms with E-state index in [1.54, 1.807) is 6.07 Å². The highest BCUT2D eigenvalue weighted by Crippen LogP contribution is 2.66. The Morgan fingerprint density at radius 1 is 1.44 bits per heavy atom. The lowest BCUT2D eigenvalue weighted by Gasteiger charge is -2.26. The summed E-state index contributed by atoms with van der Waals surface area (Å²) in [5.41, 5.74) is 4.98. The first kappa shape index (κ1) is 10.1. The van der Waals surface area contributed by atoms with Crippen molar-refractivity contribution < 1.29 is 13.2 Å². The number of nitrogens with two attached hydrogens (primary N) is 1. The molecule has 6 heteroatoms. The zero-order chi connectivity index (χ0) is 11.6. The van der Waals surface area contributed by atoms with Crippen molar-refractivity contribution in [1.82, 2.24) is 9.78 Å². The minimum absolute atomic E-state index is 0.202. The number of fused-ring (bicyclic) bond motifs is 1. The summed E-state index contributed by atoms with van der Waals surface area (Å²) in [6, 6.07) is 0.789. The molecule has 1 aromatic heterocycles. The molecule has 2 atom stereocenters. The van der Waals surface area contributed by atoms with Crippen LogP contribution in [0.15, 0.2) is 12.3 Å². The predicted molar refractivity (Wildman–Crippen MR) is 50.5 cm³/mol. The fourth-order valence-electron chi connectivity index (χ4n) is 2.74. The molecular formula is C10H12F3N3. The monoisotopic (exact) mass is 231 g/mol. The smallest absolute Gasteiger partial charge is 0.323 e. The molecule has 88 valence electrons. The molecule has 1 aliphatic heterocycles. The van der Waals surface area contributed by atoms with Crippen LogP contribution in [-0.2, 0) is 0 Å². The zero-order valence-corrected chi connectivity index (χ0v) is 8.54. The zero-order valence-electron chi connectivity index (χ0n) is 8.54. The SMILES string of the molecule is N[C@@H]1C[C@H](C2(C(F)(F)F)CC2)n2nccc21. The van der Waals surface area contributed by atoms with Gasteiger partial charge in [-0.15, -0.1) is 0 Å². The molecule has 3 nitrogen and oxygen atoms in total. The first-order valence-corrected chi connectivity index (χ1v) is 5.31. The van der Waals surface area contributed by atoms with E-state index in [2.05, 4.69) is 5.10 Å². The van der Waals surface area contributed by atoms with Crippen LogP contribution in [0.3, 0.4) is 0 Å². The van der Waals surface area contributed by atoms with Crippen LogP contribution in [-0.4, -0.2) is 16.0 Å². The van der Waals surface area contributed by atoms with Gasteiger partial charge in [0.15, 0.2) is 0 Å². The fourth-order valence-corrected chi connectivity index (χ4v) is 2.74. The van der Waals surface area contributed by atoms with Gasteiger partial charge >= 0.3 is 6.18 Å². The lowest BCUT2D eigenvalue weighted by Crippen LogP contribution is -2.33. The number of halogens is 3. The number of nitrogens with zero attached hydrogens (tertiary/aromatic N) is 2. The molecule has 0 aromatic carbocycles. The molecule has 1 fully saturated rings. The van der Waals surface area contributed by atoms with E-state index in [1.807, 2.05) is 0 Å². The predicted octanol–water partition coefficient (Wildman–Crippen LogP) is 2.17. The highest BCUT2D eigenvalue weighted by Gasteiger charge is 2.69. The second kappa shape index (κ2) is 2.80. The summed E-state index contributed by atoms with van der Waals surface area (Å²) in [5, 5.41) is 3.99. The van der Waals surface area contributed by atoms with E-state index in [0.717, 1.165) is 5.69 Å². The van der Waals surface area contributed by atoms with Gasteiger partial charge in [-0.3, -0.25) is 4.68 Å². The van der Waals surface area contributed by atoms with Gasteiger partial charge < -0.3 is 5.73 Å². The van der Waals surface area contributed by atoms with E-state index >= 15 is 0 Å². The summed E-state index contributed by atoms with van der Waals surface area (Å²) in [5.74, 6) is 0. The fraction of sp³-hybridized carbons (Fsp3) is 0.700. The average molecular weight is 231 g/mol. The molecule has 2 aliphatic rings. The van der Waals surface area contributed by atoms with Crippen LogP contribution in [0, 0.1) is 5.41 Å². The maximum atomic E-state index is 13.0. The van der Waals surface area contributed by atoms with E-state index in [0.29, 0.717) is 6.42 Å². The van der Waals surface area contributed by atoms with Crippen molar-refractivity contribution in [3.05, 3.63) is 18.0 Å². The maximum Gasteiger partial charge on any atom is 0.396 e. The number of rotatable bonds is 1. The van der Waals surface area contributed by atoms with Gasteiger partial charge in [-0.25, -0.2) is 0 Å². The van der Waals surface area contributed by atoms with Gasteiger partial charge in [-0.1, -0.05) is 0 Å². The van der Waals surface area contributed by atoms with Crippen molar-refractivity contribution in [3.8, 4) is 0 Å². The molecule has 0 amide bonds. The van der Waals surface area contributed by atoms with Crippen LogP contribution >= 0.6 is 0 Å². The third kappa shape index (κ3) is 1.10. The molecule has 2 heterocycles. The summed E-state index contributed by atoms with van der Waals surface area (Å²) in [6.07, 6.45) is -1.87. The molecule has 0 unspecified atom stereocenters. The van der Waals surface area contributed by atoms with Gasteiger partial charge in [-0.05, 0) is 25.3 Å². The molecule has 0 saturated heterocycles. The van der Waals surface area contributed by atoms with Crippen molar-refractivity contribution in [2.24, 2.45) is 11.1 Å². The lowest BCUT2D eigenvalue weighted by atomic mass is 9.93. The van der Waals surface area contributed by atoms with Crippen LogP contribution in [0.25, 0.3) is 0 Å². The quantitative estimate of drug-likeness (QED) is 0.805. The van der Waals surface area contributed by atoms with E-state index in [-0.39, 0.29) is 18.9 Å². The molecule has 2 N–H and O–H groups in total. The van der Waals surface area contributed by atoms with Gasteiger partial charge in [0.05, 0.1) is 17.2 Å². The summed E-state index contributed by atoms with van der Waals surface area (Å²) in [7, 11) is 0. The lowest BCUT2D eigenvalue weighted by molar-refractivity contribution is -0.200. The van der Waals surface area contributed by atoms with Crippen LogP contribution in [0.4, 0.5) is 13.2 Å². The Morgan fingerprint density at radius 2 is 2.12 bits per heavy atom. The van der Waals surface area contributed by atoms with Crippen molar-refractivity contribution in [2.75, 3.05) is 0 Å². The van der Waals surface area contributed by atoms with Crippen molar-refractivity contribution in [1.29, 1.82) is 0 Å². The summed E-state index contributed by atoms with van der Waals surface area (Å²) < 4.78 is 40.5. The number of hydrogen-bond acceptors (Lipinski definition) is 2. The summed E-state index contributed by atoms with van der Waals surface area (Å²) >= 11 is 0. The highest BCUT2D eigenvalue weighted by atomic mass is 19.4. The Bertz CT molecular complexity index is 419. The Labute approximate surface area is 90.4 Å². The number of alkyl halides is 3. The highest BCUT2D eigenvalue weighted by molar-refractivity contribution is 5.19. The summed E-state index contributed by atoms with van der Waals surface area (Å²) in [4.78, 5) is 0. The maximum absolute atomic E-state index is 13.0. The van der Waals surface area contributed by atoms with Crippen molar-refractivity contribution in [3.63, 3.8) is 0 Å². The summed E-state index contributed by atoms with van der Waals surface area (Å²) in [6.45, 7) is 0. The topological polar surface area (TPSA) is 43.8 Å². The van der Waals surface area contributed by atoms with E-state index in [4.69, 9.17) is 5.73 Å². The van der Waals surface area contributed by atoms with Crippen molar-refractivity contribution >= 4 is 0 Å². The molecule has 0 spiro atoms. The molecule has 0 radical (unpaired) electrons. The second-order valence-electron chi connectivity index (χ2n) is 4.71. The normalized spacial score (nSPS) is 31.5. The van der Waals surface area contributed by atoms with Gasteiger partial charge in [0, 0.05) is 12.2 Å². The van der Waals surface area contributed by atoms with Crippen LogP contribution in [0.1, 0.15) is 37.0 Å². The average Bonchev–Trinajstić information content (AvgIpc) is 2.74. The Morgan fingerprint density at radius 3 is 2.69 bits per heavy atom. The number of hydrogen-bond donors (Lipinski definition) is 1. The van der Waals surface area contributed by atoms with Crippen LogP contribution < -0.4 is 5.73 Å². The first-order valence-electron chi connectivity index (χ1n) is 5.31. The largest absolute Gasteiger partial charge is 0.396 e. The number of aromatic nitrogens is 2. The first-order chi connectivity index (χ1) is 7.46. The molecule has 3 rings (SSSR count). The molecule has 1 aromatic rings. The second-order valence-corrected chi connectivity index (χ2v) is 4.71. The van der Waals surface area contributed by atoms with Crippen molar-refractivity contribution in [2.45, 2.75) is 37.5 Å².